The van der Waals surface area contributed by atoms with Crippen molar-refractivity contribution in [3.63, 3.8) is 0 Å². The Labute approximate surface area is 70.8 Å². The van der Waals surface area contributed by atoms with Crippen molar-refractivity contribution < 1.29 is 0 Å². The number of nitrogens with one attached hydrogen (secondary N) is 1. The molecule has 0 saturated heterocycles. The maximum Gasteiger partial charge on any atom is 0.0150 e. The first kappa shape index (κ1) is 6.92. The maximum atomic E-state index is 3.20. The van der Waals surface area contributed by atoms with Crippen molar-refractivity contribution in [2.45, 2.75) is 12.3 Å². The van der Waals surface area contributed by atoms with E-state index in [9.17, 15) is 0 Å². The molecule has 0 aromatic carbocycles. The molecule has 0 saturated carbocycles. The van der Waals surface area contributed by atoms with Gasteiger partial charge in [-0.25, -0.2) is 0 Å². The number of rotatable bonds is 1. The van der Waals surface area contributed by atoms with Crippen LogP contribution < -0.4 is 5.32 Å². The van der Waals surface area contributed by atoms with Gasteiger partial charge in [-0.3, -0.25) is 0 Å². The summed E-state index contributed by atoms with van der Waals surface area (Å²) >= 11 is 1.85. The standard InChI is InChI=1S/C9H11NS/c1-2-9(11-7-1)8-3-5-10-6-4-8/h1-3,5,7-8,10H,4,6H2. The summed E-state index contributed by atoms with van der Waals surface area (Å²) in [5, 5.41) is 5.34. The molecule has 2 heterocycles. The summed E-state index contributed by atoms with van der Waals surface area (Å²) in [6.45, 7) is 1.11. The first-order valence-corrected chi connectivity index (χ1v) is 4.78. The zero-order chi connectivity index (χ0) is 7.52. The zero-order valence-corrected chi connectivity index (χ0v) is 7.10. The highest BCUT2D eigenvalue weighted by atomic mass is 32.1. The highest BCUT2D eigenvalue weighted by Gasteiger charge is 2.10. The van der Waals surface area contributed by atoms with Gasteiger partial charge in [0.05, 0.1) is 0 Å². The minimum absolute atomic E-state index is 0.663. The first-order valence-electron chi connectivity index (χ1n) is 3.90. The van der Waals surface area contributed by atoms with Crippen LogP contribution in [0, 0.1) is 0 Å². The van der Waals surface area contributed by atoms with Gasteiger partial charge in [-0.1, -0.05) is 12.1 Å². The average molecular weight is 165 g/mol. The number of thiophene rings is 1. The van der Waals surface area contributed by atoms with Gasteiger partial charge in [0.2, 0.25) is 0 Å². The maximum absolute atomic E-state index is 3.20. The Hall–Kier alpha value is -0.760. The lowest BCUT2D eigenvalue weighted by atomic mass is 10.0. The van der Waals surface area contributed by atoms with E-state index in [-0.39, 0.29) is 0 Å². The molecule has 1 unspecified atom stereocenters. The molecule has 1 aliphatic heterocycles. The largest absolute Gasteiger partial charge is 0.391 e. The molecule has 1 aromatic heterocycles. The summed E-state index contributed by atoms with van der Waals surface area (Å²) in [6, 6.07) is 4.33. The van der Waals surface area contributed by atoms with E-state index >= 15 is 0 Å². The minimum atomic E-state index is 0.663. The molecule has 0 bridgehead atoms. The van der Waals surface area contributed by atoms with Crippen molar-refractivity contribution >= 4 is 11.3 Å². The van der Waals surface area contributed by atoms with Crippen LogP contribution >= 0.6 is 11.3 Å². The number of allylic oxidation sites excluding steroid dienone is 1. The zero-order valence-electron chi connectivity index (χ0n) is 6.29. The summed E-state index contributed by atoms with van der Waals surface area (Å²) in [5.41, 5.74) is 0. The second-order valence-corrected chi connectivity index (χ2v) is 3.70. The van der Waals surface area contributed by atoms with Crippen LogP contribution in [0.3, 0.4) is 0 Å². The molecular weight excluding hydrogens is 154 g/mol. The monoisotopic (exact) mass is 165 g/mol. The Bertz CT molecular complexity index is 238. The Kier molecular flexibility index (Phi) is 1.95. The minimum Gasteiger partial charge on any atom is -0.391 e. The van der Waals surface area contributed by atoms with E-state index in [0.29, 0.717) is 5.92 Å². The Morgan fingerprint density at radius 3 is 3.18 bits per heavy atom. The predicted octanol–water partition coefficient (Wildman–Crippen LogP) is 2.34. The highest BCUT2D eigenvalue weighted by Crippen LogP contribution is 2.26. The van der Waals surface area contributed by atoms with Crippen molar-refractivity contribution in [1.29, 1.82) is 0 Å². The van der Waals surface area contributed by atoms with Crippen LogP contribution in [0.5, 0.6) is 0 Å². The smallest absolute Gasteiger partial charge is 0.0150 e. The fourth-order valence-electron chi connectivity index (χ4n) is 1.34. The molecule has 0 spiro atoms. The van der Waals surface area contributed by atoms with Crippen LogP contribution in [0.15, 0.2) is 29.8 Å². The van der Waals surface area contributed by atoms with Crippen molar-refractivity contribution in [2.24, 2.45) is 0 Å². The molecule has 11 heavy (non-hydrogen) atoms. The lowest BCUT2D eigenvalue weighted by molar-refractivity contribution is 0.664. The summed E-state index contributed by atoms with van der Waals surface area (Å²) in [5.74, 6) is 0.663. The van der Waals surface area contributed by atoms with Gasteiger partial charge in [0, 0.05) is 17.3 Å². The van der Waals surface area contributed by atoms with Crippen LogP contribution in [0.2, 0.25) is 0 Å². The van der Waals surface area contributed by atoms with Crippen molar-refractivity contribution in [2.75, 3.05) is 6.54 Å². The van der Waals surface area contributed by atoms with Crippen LogP contribution in [0.25, 0.3) is 0 Å². The molecule has 1 N–H and O–H groups in total. The van der Waals surface area contributed by atoms with E-state index < -0.39 is 0 Å². The van der Waals surface area contributed by atoms with E-state index in [1.807, 2.05) is 11.3 Å². The fourth-order valence-corrected chi connectivity index (χ4v) is 2.18. The third-order valence-electron chi connectivity index (χ3n) is 1.95. The van der Waals surface area contributed by atoms with Gasteiger partial charge in [-0.05, 0) is 24.1 Å². The fraction of sp³-hybridized carbons (Fsp3) is 0.333. The molecule has 0 radical (unpaired) electrons. The van der Waals surface area contributed by atoms with Crippen LogP contribution in [-0.4, -0.2) is 6.54 Å². The van der Waals surface area contributed by atoms with Gasteiger partial charge in [0.1, 0.15) is 0 Å². The second kappa shape index (κ2) is 3.09. The third kappa shape index (κ3) is 1.46. The van der Waals surface area contributed by atoms with Gasteiger partial charge in [-0.15, -0.1) is 11.3 Å². The highest BCUT2D eigenvalue weighted by molar-refractivity contribution is 7.10. The van der Waals surface area contributed by atoms with Crippen LogP contribution in [-0.2, 0) is 0 Å². The molecule has 2 rings (SSSR count). The van der Waals surface area contributed by atoms with Crippen LogP contribution in [0.1, 0.15) is 17.2 Å². The van der Waals surface area contributed by atoms with Crippen molar-refractivity contribution in [1.82, 2.24) is 5.32 Å². The molecular formula is C9H11NS. The molecule has 1 nitrogen and oxygen atoms in total. The van der Waals surface area contributed by atoms with Crippen LogP contribution in [0.4, 0.5) is 0 Å². The molecule has 0 amide bonds. The number of hydrogen-bond donors (Lipinski definition) is 1. The third-order valence-corrected chi connectivity index (χ3v) is 2.96. The van der Waals surface area contributed by atoms with E-state index in [4.69, 9.17) is 0 Å². The van der Waals surface area contributed by atoms with Gasteiger partial charge in [0.15, 0.2) is 0 Å². The van der Waals surface area contributed by atoms with E-state index in [0.717, 1.165) is 6.54 Å². The number of hydrogen-bond acceptors (Lipinski definition) is 2. The molecule has 1 atom stereocenters. The summed E-state index contributed by atoms with van der Waals surface area (Å²) in [4.78, 5) is 1.49. The SMILES string of the molecule is C1=CC(c2cccs2)CCN1. The molecule has 58 valence electrons. The Morgan fingerprint density at radius 1 is 1.55 bits per heavy atom. The van der Waals surface area contributed by atoms with Gasteiger partial charge in [-0.2, -0.15) is 0 Å². The second-order valence-electron chi connectivity index (χ2n) is 2.72. The molecule has 0 aliphatic carbocycles. The topological polar surface area (TPSA) is 12.0 Å². The van der Waals surface area contributed by atoms with Crippen molar-refractivity contribution in [3.05, 3.63) is 34.7 Å². The quantitative estimate of drug-likeness (QED) is 0.673. The lowest BCUT2D eigenvalue weighted by Crippen LogP contribution is -2.15. The molecule has 1 aromatic rings. The summed E-state index contributed by atoms with van der Waals surface area (Å²) < 4.78 is 0. The lowest BCUT2D eigenvalue weighted by Gasteiger charge is -2.15. The van der Waals surface area contributed by atoms with E-state index in [1.165, 1.54) is 11.3 Å². The summed E-state index contributed by atoms with van der Waals surface area (Å²) in [7, 11) is 0. The van der Waals surface area contributed by atoms with Crippen molar-refractivity contribution in [3.8, 4) is 0 Å². The molecule has 2 heteroatoms. The average Bonchev–Trinajstić information content (AvgIpc) is 2.58. The predicted molar refractivity (Wildman–Crippen MR) is 48.8 cm³/mol. The van der Waals surface area contributed by atoms with Gasteiger partial charge >= 0.3 is 0 Å². The summed E-state index contributed by atoms with van der Waals surface area (Å²) in [6.07, 6.45) is 5.54. The normalized spacial score (nSPS) is 23.1. The van der Waals surface area contributed by atoms with E-state index in [1.54, 1.807) is 0 Å². The van der Waals surface area contributed by atoms with Gasteiger partial charge in [0.25, 0.3) is 0 Å². The Morgan fingerprint density at radius 2 is 2.55 bits per heavy atom. The molecule has 1 aliphatic rings. The Balaban J connectivity index is 2.16. The van der Waals surface area contributed by atoms with E-state index in [2.05, 4.69) is 35.1 Å². The molecule has 0 fully saturated rings. The van der Waals surface area contributed by atoms with Gasteiger partial charge < -0.3 is 5.32 Å². The first-order chi connectivity index (χ1) is 5.47.